The number of rotatable bonds is 3. The smallest absolute Gasteiger partial charge is 0.409 e. The van der Waals surface area contributed by atoms with Crippen LogP contribution in [0.4, 0.5) is 4.79 Å². The third kappa shape index (κ3) is 2.70. The molecule has 2 N–H and O–H groups in total. The van der Waals surface area contributed by atoms with Gasteiger partial charge < -0.3 is 24.6 Å². The molecule has 0 aliphatic carbocycles. The van der Waals surface area contributed by atoms with Crippen LogP contribution in [0.5, 0.6) is 11.5 Å². The van der Waals surface area contributed by atoms with E-state index < -0.39 is 17.6 Å². The zero-order valence-corrected chi connectivity index (χ0v) is 13.4. The van der Waals surface area contributed by atoms with Gasteiger partial charge >= 0.3 is 6.09 Å². The van der Waals surface area contributed by atoms with Gasteiger partial charge in [0.1, 0.15) is 0 Å². The van der Waals surface area contributed by atoms with Crippen LogP contribution in [0, 0.1) is 5.41 Å². The first-order valence-electron chi connectivity index (χ1n) is 7.21. The molecule has 0 saturated carbocycles. The number of hydrogen-bond donors (Lipinski definition) is 2. The largest absolute Gasteiger partial charge is 0.504 e. The number of benzene rings is 1. The molecule has 0 spiro atoms. The number of phenols is 1. The molecule has 1 saturated heterocycles. The van der Waals surface area contributed by atoms with Gasteiger partial charge in [0.05, 0.1) is 20.3 Å². The molecule has 1 heterocycles. The van der Waals surface area contributed by atoms with Crippen molar-refractivity contribution in [3.63, 3.8) is 0 Å². The van der Waals surface area contributed by atoms with E-state index in [1.165, 1.54) is 14.2 Å². The number of carbonyl (C=O) groups is 1. The molecule has 0 bridgehead atoms. The maximum absolute atomic E-state index is 11.8. The molecule has 6 heteroatoms. The van der Waals surface area contributed by atoms with Crippen molar-refractivity contribution in [3.05, 3.63) is 23.8 Å². The zero-order valence-electron chi connectivity index (χ0n) is 13.4. The van der Waals surface area contributed by atoms with E-state index in [1.54, 1.807) is 24.0 Å². The van der Waals surface area contributed by atoms with Crippen LogP contribution in [-0.4, -0.2) is 54.6 Å². The Morgan fingerprint density at radius 2 is 2.14 bits per heavy atom. The first-order valence-corrected chi connectivity index (χ1v) is 7.21. The fraction of sp³-hybridized carbons (Fsp3) is 0.562. The normalized spacial score (nSPS) is 25.9. The van der Waals surface area contributed by atoms with Crippen molar-refractivity contribution >= 4 is 6.09 Å². The maximum atomic E-state index is 11.8. The van der Waals surface area contributed by atoms with E-state index in [4.69, 9.17) is 9.47 Å². The Morgan fingerprint density at radius 3 is 2.64 bits per heavy atom. The van der Waals surface area contributed by atoms with E-state index in [9.17, 15) is 15.0 Å². The molecule has 122 valence electrons. The van der Waals surface area contributed by atoms with Crippen LogP contribution in [0.3, 0.4) is 0 Å². The highest BCUT2D eigenvalue weighted by atomic mass is 16.5. The lowest BCUT2D eigenvalue weighted by Gasteiger charge is -2.33. The Bertz CT molecular complexity index is 559. The molecule has 1 aliphatic heterocycles. The van der Waals surface area contributed by atoms with Gasteiger partial charge in [-0.15, -0.1) is 0 Å². The number of ether oxygens (including phenoxy) is 2. The summed E-state index contributed by atoms with van der Waals surface area (Å²) in [6, 6.07) is 5.17. The van der Waals surface area contributed by atoms with E-state index in [1.807, 2.05) is 13.0 Å². The van der Waals surface area contributed by atoms with Gasteiger partial charge in [0.25, 0.3) is 0 Å². The van der Waals surface area contributed by atoms with Crippen LogP contribution >= 0.6 is 0 Å². The Hall–Kier alpha value is -1.95. The highest BCUT2D eigenvalue weighted by molar-refractivity contribution is 5.68. The van der Waals surface area contributed by atoms with Gasteiger partial charge in [-0.05, 0) is 24.6 Å². The standard InChI is InChI=1S/C16H23NO5/c1-10(18)16(2)9-17(15(20)22-4)8-12(16)11-5-6-14(21-3)13(19)7-11/h5-7,10,12,18-19H,8-9H2,1-4H3/t10-,12+,16+/m1/s1. The fourth-order valence-electron chi connectivity index (χ4n) is 3.12. The lowest BCUT2D eigenvalue weighted by Crippen LogP contribution is -2.38. The number of carbonyl (C=O) groups excluding carboxylic acids is 1. The lowest BCUT2D eigenvalue weighted by molar-refractivity contribution is 0.0470. The summed E-state index contributed by atoms with van der Waals surface area (Å²) in [7, 11) is 2.83. The first kappa shape index (κ1) is 16.4. The van der Waals surface area contributed by atoms with Crippen molar-refractivity contribution in [2.24, 2.45) is 5.41 Å². The first-order chi connectivity index (χ1) is 10.3. The minimum atomic E-state index is -0.614. The second-order valence-electron chi connectivity index (χ2n) is 6.02. The van der Waals surface area contributed by atoms with Crippen LogP contribution in [0.2, 0.25) is 0 Å². The molecule has 0 aromatic heterocycles. The highest BCUT2D eigenvalue weighted by Crippen LogP contribution is 2.46. The van der Waals surface area contributed by atoms with E-state index in [0.29, 0.717) is 18.8 Å². The van der Waals surface area contributed by atoms with E-state index in [2.05, 4.69) is 0 Å². The third-order valence-corrected chi connectivity index (χ3v) is 4.72. The Labute approximate surface area is 130 Å². The molecule has 3 atom stereocenters. The van der Waals surface area contributed by atoms with Crippen LogP contribution in [0.1, 0.15) is 25.3 Å². The number of nitrogens with zero attached hydrogens (tertiary/aromatic N) is 1. The molecular weight excluding hydrogens is 286 g/mol. The van der Waals surface area contributed by atoms with Crippen molar-refractivity contribution in [2.75, 3.05) is 27.3 Å². The Balaban J connectivity index is 2.38. The number of likely N-dealkylation sites (tertiary alicyclic amines) is 1. The van der Waals surface area contributed by atoms with E-state index in [-0.39, 0.29) is 11.7 Å². The summed E-state index contributed by atoms with van der Waals surface area (Å²) in [5.74, 6) is 0.332. The van der Waals surface area contributed by atoms with Crippen LogP contribution < -0.4 is 4.74 Å². The third-order valence-electron chi connectivity index (χ3n) is 4.72. The average Bonchev–Trinajstić information content (AvgIpc) is 2.85. The van der Waals surface area contributed by atoms with Gasteiger partial charge in [-0.2, -0.15) is 0 Å². The predicted octanol–water partition coefficient (Wildman–Crippen LogP) is 1.95. The SMILES string of the molecule is COC(=O)N1C[C@@H](c2ccc(OC)c(O)c2)[C@](C)([C@@H](C)O)C1. The highest BCUT2D eigenvalue weighted by Gasteiger charge is 2.48. The molecule has 6 nitrogen and oxygen atoms in total. The minimum absolute atomic E-state index is 0.0458. The number of aromatic hydroxyl groups is 1. The maximum Gasteiger partial charge on any atom is 0.409 e. The number of methoxy groups -OCH3 is 2. The predicted molar refractivity (Wildman–Crippen MR) is 81.2 cm³/mol. The van der Waals surface area contributed by atoms with Crippen LogP contribution in [0.15, 0.2) is 18.2 Å². The monoisotopic (exact) mass is 309 g/mol. The summed E-state index contributed by atoms with van der Waals surface area (Å²) in [4.78, 5) is 13.4. The molecular formula is C16H23NO5. The molecule has 1 aromatic carbocycles. The average molecular weight is 309 g/mol. The summed E-state index contributed by atoms with van der Waals surface area (Å²) >= 11 is 0. The van der Waals surface area contributed by atoms with Crippen molar-refractivity contribution in [2.45, 2.75) is 25.9 Å². The number of amides is 1. The van der Waals surface area contributed by atoms with E-state index >= 15 is 0 Å². The number of hydrogen-bond acceptors (Lipinski definition) is 5. The van der Waals surface area contributed by atoms with Gasteiger partial charge in [0.15, 0.2) is 11.5 Å². The van der Waals surface area contributed by atoms with Gasteiger partial charge in [-0.25, -0.2) is 4.79 Å². The Morgan fingerprint density at radius 1 is 1.45 bits per heavy atom. The van der Waals surface area contributed by atoms with Crippen LogP contribution in [-0.2, 0) is 4.74 Å². The molecule has 22 heavy (non-hydrogen) atoms. The summed E-state index contributed by atoms with van der Waals surface area (Å²) in [5.41, 5.74) is 0.336. The molecule has 1 amide bonds. The number of phenolic OH excluding ortho intramolecular Hbond substituents is 1. The van der Waals surface area contributed by atoms with Crippen molar-refractivity contribution < 1.29 is 24.5 Å². The molecule has 2 rings (SSSR count). The Kier molecular flexibility index (Phi) is 4.51. The molecule has 1 aliphatic rings. The molecule has 0 unspecified atom stereocenters. The van der Waals surface area contributed by atoms with E-state index in [0.717, 1.165) is 5.56 Å². The summed E-state index contributed by atoms with van der Waals surface area (Å²) in [5, 5.41) is 20.2. The lowest BCUT2D eigenvalue weighted by atomic mass is 9.72. The van der Waals surface area contributed by atoms with Crippen molar-refractivity contribution in [1.82, 2.24) is 4.90 Å². The summed E-state index contributed by atoms with van der Waals surface area (Å²) < 4.78 is 9.84. The minimum Gasteiger partial charge on any atom is -0.504 e. The number of aliphatic hydroxyl groups excluding tert-OH is 1. The summed E-state index contributed by atoms with van der Waals surface area (Å²) in [6.07, 6.45) is -1.02. The van der Waals surface area contributed by atoms with Gasteiger partial charge in [0, 0.05) is 24.4 Å². The van der Waals surface area contributed by atoms with Crippen LogP contribution in [0.25, 0.3) is 0 Å². The molecule has 1 aromatic rings. The second-order valence-corrected chi connectivity index (χ2v) is 6.02. The topological polar surface area (TPSA) is 79.2 Å². The zero-order chi connectivity index (χ0) is 16.5. The molecule has 1 fully saturated rings. The number of aliphatic hydroxyl groups is 1. The van der Waals surface area contributed by atoms with Crippen molar-refractivity contribution in [3.8, 4) is 11.5 Å². The molecule has 0 radical (unpaired) electrons. The quantitative estimate of drug-likeness (QED) is 0.892. The van der Waals surface area contributed by atoms with Crippen molar-refractivity contribution in [1.29, 1.82) is 0 Å². The van der Waals surface area contributed by atoms with Gasteiger partial charge in [-0.3, -0.25) is 0 Å². The summed E-state index contributed by atoms with van der Waals surface area (Å²) in [6.45, 7) is 4.48. The van der Waals surface area contributed by atoms with Gasteiger partial charge in [-0.1, -0.05) is 13.0 Å². The fourth-order valence-corrected chi connectivity index (χ4v) is 3.12. The second kappa shape index (κ2) is 6.04. The van der Waals surface area contributed by atoms with Gasteiger partial charge in [0.2, 0.25) is 0 Å².